The van der Waals surface area contributed by atoms with E-state index in [0.29, 0.717) is 30.0 Å². The lowest BCUT2D eigenvalue weighted by Crippen LogP contribution is -2.40. The molecule has 0 spiro atoms. The molecule has 0 bridgehead atoms. The van der Waals surface area contributed by atoms with Gasteiger partial charge >= 0.3 is 0 Å². The maximum absolute atomic E-state index is 12.5. The molecule has 1 aliphatic rings. The Hall–Kier alpha value is -0.960. The second-order valence-corrected chi connectivity index (χ2v) is 8.56. The fourth-order valence-electron chi connectivity index (χ4n) is 2.37. The van der Waals surface area contributed by atoms with Crippen molar-refractivity contribution in [2.75, 3.05) is 11.5 Å². The van der Waals surface area contributed by atoms with E-state index in [0.717, 1.165) is 0 Å². The molecule has 114 valence electrons. The number of sulfonamides is 1. The van der Waals surface area contributed by atoms with Crippen LogP contribution in [0.15, 0.2) is 29.4 Å². The number of imidazole rings is 1. The summed E-state index contributed by atoms with van der Waals surface area (Å²) in [6.45, 7) is 0. The average molecular weight is 348 g/mol. The predicted molar refractivity (Wildman–Crippen MR) is 81.4 cm³/mol. The number of nitrogens with one attached hydrogen (secondary N) is 1. The van der Waals surface area contributed by atoms with E-state index in [1.165, 1.54) is 4.40 Å². The molecule has 6 nitrogen and oxygen atoms in total. The van der Waals surface area contributed by atoms with Gasteiger partial charge in [-0.15, -0.1) is 0 Å². The fraction of sp³-hybridized carbons (Fsp3) is 0.417. The Kier molecular flexibility index (Phi) is 4.04. The molecule has 9 heteroatoms. The highest BCUT2D eigenvalue weighted by atomic mass is 35.5. The van der Waals surface area contributed by atoms with Gasteiger partial charge < -0.3 is 0 Å². The second-order valence-electron chi connectivity index (χ2n) is 4.88. The molecule has 3 heterocycles. The zero-order chi connectivity index (χ0) is 15.0. The Labute approximate surface area is 130 Å². The third-order valence-corrected chi connectivity index (χ3v) is 6.71. The summed E-state index contributed by atoms with van der Waals surface area (Å²) < 4.78 is 40.5. The monoisotopic (exact) mass is 347 g/mol. The van der Waals surface area contributed by atoms with Crippen molar-refractivity contribution in [1.29, 1.82) is 0 Å². The standard InChI is InChI=1S/C12H14ClN3O3S2/c13-11-12(16-6-2-1-3-10(16)14-11)21(18,19)15-9-4-7-20(17)8-5-9/h1-3,6,9,15H,4-5,7-8H2. The molecule has 21 heavy (non-hydrogen) atoms. The van der Waals surface area contributed by atoms with Crippen LogP contribution in [-0.2, 0) is 20.8 Å². The quantitative estimate of drug-likeness (QED) is 0.904. The summed E-state index contributed by atoms with van der Waals surface area (Å²) in [5.41, 5.74) is 0.479. The predicted octanol–water partition coefficient (Wildman–Crippen LogP) is 1.18. The van der Waals surface area contributed by atoms with Crippen LogP contribution in [0.2, 0.25) is 5.15 Å². The molecule has 0 aliphatic carbocycles. The SMILES string of the molecule is O=S1CCC(NS(=O)(=O)c2c(Cl)nc3ccccn23)CC1. The van der Waals surface area contributed by atoms with Crippen LogP contribution in [-0.4, -0.2) is 39.6 Å². The highest BCUT2D eigenvalue weighted by molar-refractivity contribution is 7.89. The first kappa shape index (κ1) is 15.0. The molecular weight excluding hydrogens is 334 g/mol. The van der Waals surface area contributed by atoms with Gasteiger partial charge in [-0.25, -0.2) is 18.1 Å². The highest BCUT2D eigenvalue weighted by Crippen LogP contribution is 2.23. The Morgan fingerprint density at radius 1 is 1.33 bits per heavy atom. The fourth-order valence-corrected chi connectivity index (χ4v) is 5.62. The minimum Gasteiger partial charge on any atom is -0.288 e. The van der Waals surface area contributed by atoms with Gasteiger partial charge in [0.1, 0.15) is 5.65 Å². The number of hydrogen-bond acceptors (Lipinski definition) is 4. The van der Waals surface area contributed by atoms with Crippen LogP contribution < -0.4 is 4.72 Å². The van der Waals surface area contributed by atoms with E-state index in [-0.39, 0.29) is 16.2 Å². The maximum atomic E-state index is 12.5. The zero-order valence-electron chi connectivity index (χ0n) is 11.0. The molecule has 1 aliphatic heterocycles. The molecule has 0 aromatic carbocycles. The van der Waals surface area contributed by atoms with E-state index in [2.05, 4.69) is 9.71 Å². The molecule has 2 aromatic rings. The second kappa shape index (κ2) is 5.68. The average Bonchev–Trinajstić information content (AvgIpc) is 2.77. The largest absolute Gasteiger partial charge is 0.288 e. The molecule has 1 saturated heterocycles. The first-order valence-electron chi connectivity index (χ1n) is 6.47. The molecule has 0 unspecified atom stereocenters. The van der Waals surface area contributed by atoms with Crippen molar-refractivity contribution in [3.8, 4) is 0 Å². The lowest BCUT2D eigenvalue weighted by Gasteiger charge is -2.22. The first-order chi connectivity index (χ1) is 9.97. The highest BCUT2D eigenvalue weighted by Gasteiger charge is 2.28. The van der Waals surface area contributed by atoms with Crippen molar-refractivity contribution in [3.05, 3.63) is 29.5 Å². The van der Waals surface area contributed by atoms with Gasteiger partial charge in [0.05, 0.1) is 0 Å². The summed E-state index contributed by atoms with van der Waals surface area (Å²) in [4.78, 5) is 4.05. The molecule has 0 saturated carbocycles. The van der Waals surface area contributed by atoms with E-state index in [1.807, 2.05) is 0 Å². The third-order valence-electron chi connectivity index (χ3n) is 3.41. The summed E-state index contributed by atoms with van der Waals surface area (Å²) in [6, 6.07) is 4.96. The zero-order valence-corrected chi connectivity index (χ0v) is 13.4. The molecule has 0 atom stereocenters. The maximum Gasteiger partial charge on any atom is 0.260 e. The number of fused-ring (bicyclic) bond motifs is 1. The topological polar surface area (TPSA) is 80.5 Å². The van der Waals surface area contributed by atoms with Gasteiger partial charge in [0.2, 0.25) is 0 Å². The Balaban J connectivity index is 1.93. The van der Waals surface area contributed by atoms with Crippen LogP contribution >= 0.6 is 11.6 Å². The van der Waals surface area contributed by atoms with Crippen molar-refractivity contribution in [3.63, 3.8) is 0 Å². The summed E-state index contributed by atoms with van der Waals surface area (Å²) in [6.07, 6.45) is 2.75. The van der Waals surface area contributed by atoms with Crippen LogP contribution in [0.3, 0.4) is 0 Å². The van der Waals surface area contributed by atoms with Crippen LogP contribution in [0.25, 0.3) is 5.65 Å². The van der Waals surface area contributed by atoms with Crippen LogP contribution in [0.1, 0.15) is 12.8 Å². The van der Waals surface area contributed by atoms with Gasteiger partial charge in [0.15, 0.2) is 10.2 Å². The molecule has 0 amide bonds. The molecule has 3 rings (SSSR count). The minimum atomic E-state index is -3.77. The summed E-state index contributed by atoms with van der Waals surface area (Å²) in [7, 11) is -4.60. The number of rotatable bonds is 3. The molecule has 1 fully saturated rings. The molecule has 0 radical (unpaired) electrons. The smallest absolute Gasteiger partial charge is 0.260 e. The van der Waals surface area contributed by atoms with Crippen molar-refractivity contribution < 1.29 is 12.6 Å². The van der Waals surface area contributed by atoms with E-state index in [9.17, 15) is 12.6 Å². The first-order valence-corrected chi connectivity index (χ1v) is 9.82. The molecular formula is C12H14ClN3O3S2. The van der Waals surface area contributed by atoms with Crippen molar-refractivity contribution in [2.45, 2.75) is 23.9 Å². The van der Waals surface area contributed by atoms with E-state index in [4.69, 9.17) is 11.6 Å². The van der Waals surface area contributed by atoms with Crippen molar-refractivity contribution >= 4 is 38.1 Å². The third kappa shape index (κ3) is 2.98. The lowest BCUT2D eigenvalue weighted by atomic mass is 10.2. The van der Waals surface area contributed by atoms with Crippen LogP contribution in [0.5, 0.6) is 0 Å². The normalized spacial score (nSPS) is 23.5. The van der Waals surface area contributed by atoms with Gasteiger partial charge in [-0.05, 0) is 25.0 Å². The number of pyridine rings is 1. The van der Waals surface area contributed by atoms with Crippen LogP contribution in [0, 0.1) is 0 Å². The number of halogens is 1. The number of aromatic nitrogens is 2. The molecule has 1 N–H and O–H groups in total. The van der Waals surface area contributed by atoms with Crippen molar-refractivity contribution in [1.82, 2.24) is 14.1 Å². The van der Waals surface area contributed by atoms with Gasteiger partial charge in [-0.1, -0.05) is 17.7 Å². The van der Waals surface area contributed by atoms with E-state index >= 15 is 0 Å². The number of hydrogen-bond donors (Lipinski definition) is 1. The van der Waals surface area contributed by atoms with Gasteiger partial charge in [0.25, 0.3) is 10.0 Å². The Bertz CT molecular complexity index is 793. The van der Waals surface area contributed by atoms with E-state index in [1.54, 1.807) is 24.4 Å². The van der Waals surface area contributed by atoms with Gasteiger partial charge in [-0.3, -0.25) is 8.61 Å². The van der Waals surface area contributed by atoms with Crippen molar-refractivity contribution in [2.24, 2.45) is 0 Å². The summed E-state index contributed by atoms with van der Waals surface area (Å²) >= 11 is 5.99. The van der Waals surface area contributed by atoms with Gasteiger partial charge in [-0.2, -0.15) is 0 Å². The van der Waals surface area contributed by atoms with E-state index < -0.39 is 20.8 Å². The molecule has 2 aromatic heterocycles. The van der Waals surface area contributed by atoms with Gasteiger partial charge in [0, 0.05) is 34.5 Å². The summed E-state index contributed by atoms with van der Waals surface area (Å²) in [5.74, 6) is 1.04. The Morgan fingerprint density at radius 3 is 2.76 bits per heavy atom. The number of nitrogens with zero attached hydrogens (tertiary/aromatic N) is 2. The summed E-state index contributed by atoms with van der Waals surface area (Å²) in [5, 5.41) is -0.0976. The minimum absolute atomic E-state index is 0.0481. The lowest BCUT2D eigenvalue weighted by molar-refractivity contribution is 0.519. The Morgan fingerprint density at radius 2 is 2.05 bits per heavy atom. The van der Waals surface area contributed by atoms with Crippen LogP contribution in [0.4, 0.5) is 0 Å².